The third-order valence-corrected chi connectivity index (χ3v) is 6.28. The van der Waals surface area contributed by atoms with Crippen molar-refractivity contribution in [2.75, 3.05) is 19.9 Å². The van der Waals surface area contributed by atoms with Crippen LogP contribution in [0.2, 0.25) is 0 Å². The topological polar surface area (TPSA) is 44.3 Å². The van der Waals surface area contributed by atoms with Gasteiger partial charge in [0.1, 0.15) is 6.54 Å². The molecule has 150 valence electrons. The first-order valence-electron chi connectivity index (χ1n) is 10.5. The minimum atomic E-state index is 0.222. The van der Waals surface area contributed by atoms with Gasteiger partial charge in [0, 0.05) is 24.0 Å². The highest BCUT2D eigenvalue weighted by molar-refractivity contribution is 5.44. The molecule has 1 fully saturated rings. The Labute approximate surface area is 168 Å². The lowest BCUT2D eigenvalue weighted by Crippen LogP contribution is -2.83. The van der Waals surface area contributed by atoms with Crippen LogP contribution in [0.3, 0.4) is 0 Å². The predicted molar refractivity (Wildman–Crippen MR) is 110 cm³/mol. The predicted octanol–water partition coefficient (Wildman–Crippen LogP) is 3.64. The number of quaternary nitrogens is 1. The van der Waals surface area contributed by atoms with E-state index in [1.54, 1.807) is 0 Å². The molecule has 2 atom stereocenters. The molecule has 2 aromatic carbocycles. The Balaban J connectivity index is 1.40. The summed E-state index contributed by atoms with van der Waals surface area (Å²) in [6.07, 6.45) is 3.75. The van der Waals surface area contributed by atoms with Crippen molar-refractivity contribution >= 4 is 0 Å². The van der Waals surface area contributed by atoms with Crippen LogP contribution in [0.15, 0.2) is 48.5 Å². The van der Waals surface area contributed by atoms with Gasteiger partial charge < -0.3 is 19.5 Å². The summed E-state index contributed by atoms with van der Waals surface area (Å²) in [6, 6.07) is 17.3. The Morgan fingerprint density at radius 2 is 1.89 bits per heavy atom. The molecule has 0 aromatic heterocycles. The maximum atomic E-state index is 6.10. The van der Waals surface area contributed by atoms with Crippen molar-refractivity contribution in [1.82, 2.24) is 0 Å². The second-order valence-electron chi connectivity index (χ2n) is 8.47. The minimum Gasteiger partial charge on any atom is -0.454 e. The second kappa shape index (κ2) is 8.54. The Hall–Kier alpha value is -2.04. The molecule has 2 heterocycles. The van der Waals surface area contributed by atoms with Crippen molar-refractivity contribution in [2.24, 2.45) is 5.92 Å². The molecular weight excluding hydrogens is 350 g/mol. The fourth-order valence-corrected chi connectivity index (χ4v) is 4.52. The quantitative estimate of drug-likeness (QED) is 0.744. The van der Waals surface area contributed by atoms with E-state index in [9.17, 15) is 0 Å². The zero-order valence-corrected chi connectivity index (χ0v) is 17.0. The molecule has 4 rings (SSSR count). The summed E-state index contributed by atoms with van der Waals surface area (Å²) in [7, 11) is 0. The van der Waals surface area contributed by atoms with Gasteiger partial charge in [-0.05, 0) is 42.5 Å². The van der Waals surface area contributed by atoms with Gasteiger partial charge in [-0.1, -0.05) is 44.2 Å². The maximum absolute atomic E-state index is 6.10. The van der Waals surface area contributed by atoms with E-state index in [0.29, 0.717) is 18.8 Å². The van der Waals surface area contributed by atoms with Crippen LogP contribution >= 0.6 is 0 Å². The fourth-order valence-electron chi connectivity index (χ4n) is 4.52. The number of ether oxygens (including phenoxy) is 3. The Bertz CT molecular complexity index is 777. The fraction of sp³-hybridized carbons (Fsp3) is 0.500. The minimum absolute atomic E-state index is 0.222. The lowest BCUT2D eigenvalue weighted by Gasteiger charge is -2.42. The first kappa shape index (κ1) is 19.3. The first-order valence-corrected chi connectivity index (χ1v) is 10.5. The largest absolute Gasteiger partial charge is 0.454 e. The van der Waals surface area contributed by atoms with E-state index in [1.807, 2.05) is 6.07 Å². The summed E-state index contributed by atoms with van der Waals surface area (Å²) in [5, 5.41) is 2.42. The summed E-state index contributed by atoms with van der Waals surface area (Å²) in [4.78, 5) is 0. The maximum Gasteiger partial charge on any atom is 0.231 e. The normalized spacial score (nSPS) is 23.9. The number of hydrogen-bond acceptors (Lipinski definition) is 3. The van der Waals surface area contributed by atoms with E-state index in [2.05, 4.69) is 61.6 Å². The van der Waals surface area contributed by atoms with E-state index in [-0.39, 0.29) is 5.41 Å². The Morgan fingerprint density at radius 3 is 2.71 bits per heavy atom. The number of nitrogens with two attached hydrogens (primary N) is 1. The third kappa shape index (κ3) is 4.18. The lowest BCUT2D eigenvalue weighted by atomic mass is 9.68. The van der Waals surface area contributed by atoms with Crippen molar-refractivity contribution in [1.29, 1.82) is 0 Å². The average molecular weight is 383 g/mol. The summed E-state index contributed by atoms with van der Waals surface area (Å²) in [6.45, 7) is 7.82. The number of benzene rings is 2. The van der Waals surface area contributed by atoms with Gasteiger partial charge in [-0.15, -0.1) is 0 Å². The molecule has 4 heteroatoms. The van der Waals surface area contributed by atoms with Gasteiger partial charge in [-0.2, -0.15) is 0 Å². The van der Waals surface area contributed by atoms with E-state index in [4.69, 9.17) is 14.2 Å². The highest BCUT2D eigenvalue weighted by atomic mass is 16.7. The lowest BCUT2D eigenvalue weighted by molar-refractivity contribution is -0.672. The smallest absolute Gasteiger partial charge is 0.231 e. The summed E-state index contributed by atoms with van der Waals surface area (Å²) >= 11 is 0. The molecule has 4 nitrogen and oxygen atoms in total. The molecule has 0 spiro atoms. The van der Waals surface area contributed by atoms with E-state index < -0.39 is 0 Å². The Morgan fingerprint density at radius 1 is 1.07 bits per heavy atom. The average Bonchev–Trinajstić information content (AvgIpc) is 3.20. The number of fused-ring (bicyclic) bond motifs is 1. The zero-order chi connectivity index (χ0) is 19.4. The molecule has 0 bridgehead atoms. The second-order valence-corrected chi connectivity index (χ2v) is 8.47. The van der Waals surface area contributed by atoms with Crippen molar-refractivity contribution in [3.05, 3.63) is 59.7 Å². The van der Waals surface area contributed by atoms with Crippen LogP contribution in [0.5, 0.6) is 11.5 Å². The third-order valence-electron chi connectivity index (χ3n) is 6.28. The highest BCUT2D eigenvalue weighted by Gasteiger charge is 2.39. The molecule has 28 heavy (non-hydrogen) atoms. The molecule has 0 unspecified atom stereocenters. The van der Waals surface area contributed by atoms with Gasteiger partial charge in [0.15, 0.2) is 11.5 Å². The van der Waals surface area contributed by atoms with Gasteiger partial charge in [0.05, 0.1) is 12.6 Å². The zero-order valence-electron chi connectivity index (χ0n) is 17.0. The molecular formula is C24H32NO3+. The van der Waals surface area contributed by atoms with Crippen LogP contribution in [0.1, 0.15) is 44.2 Å². The number of hydrogen-bond donors (Lipinski definition) is 1. The van der Waals surface area contributed by atoms with E-state index in [1.165, 1.54) is 17.5 Å². The van der Waals surface area contributed by atoms with Crippen molar-refractivity contribution < 1.29 is 19.5 Å². The monoisotopic (exact) mass is 382 g/mol. The van der Waals surface area contributed by atoms with Crippen LogP contribution in [0.4, 0.5) is 0 Å². The van der Waals surface area contributed by atoms with Crippen molar-refractivity contribution in [3.8, 4) is 11.5 Å². The Kier molecular flexibility index (Phi) is 5.88. The molecule has 2 aliphatic heterocycles. The molecule has 2 aromatic rings. The standard InChI is InChI=1S/C24H31NO3/c1-18(2)23-15-24(11-13-26-23,20-6-4-3-5-7-20)10-12-25-16-19-8-9-21-22(14-19)28-17-27-21/h3-9,14,18,23,25H,10-13,15-17H2,1-2H3/p+1/t23-,24-/m1/s1. The SMILES string of the molecule is CC(C)[C@H]1C[C@](CC[NH2+]Cc2ccc3c(c2)OCO3)(c2ccccc2)CCO1. The van der Waals surface area contributed by atoms with Crippen molar-refractivity contribution in [3.63, 3.8) is 0 Å². The van der Waals surface area contributed by atoms with Gasteiger partial charge in [0.2, 0.25) is 6.79 Å². The van der Waals surface area contributed by atoms with Crippen LogP contribution in [0.25, 0.3) is 0 Å². The summed E-state index contributed by atoms with van der Waals surface area (Å²) in [5.74, 6) is 2.28. The van der Waals surface area contributed by atoms with Crippen molar-refractivity contribution in [2.45, 2.75) is 51.2 Å². The summed E-state index contributed by atoms with van der Waals surface area (Å²) < 4.78 is 17.0. The van der Waals surface area contributed by atoms with Gasteiger partial charge in [-0.25, -0.2) is 0 Å². The van der Waals surface area contributed by atoms with Crippen LogP contribution in [-0.2, 0) is 16.7 Å². The van der Waals surface area contributed by atoms with Crippen LogP contribution in [0, 0.1) is 5.92 Å². The van der Waals surface area contributed by atoms with Gasteiger partial charge in [-0.3, -0.25) is 0 Å². The summed E-state index contributed by atoms with van der Waals surface area (Å²) in [5.41, 5.74) is 2.98. The van der Waals surface area contributed by atoms with E-state index >= 15 is 0 Å². The molecule has 2 aliphatic rings. The molecule has 0 saturated carbocycles. The van der Waals surface area contributed by atoms with Gasteiger partial charge >= 0.3 is 0 Å². The van der Waals surface area contributed by atoms with Gasteiger partial charge in [0.25, 0.3) is 0 Å². The molecule has 1 saturated heterocycles. The molecule has 0 aliphatic carbocycles. The molecule has 2 N–H and O–H groups in total. The first-order chi connectivity index (χ1) is 13.7. The molecule has 0 amide bonds. The van der Waals surface area contributed by atoms with E-state index in [0.717, 1.165) is 44.0 Å². The van der Waals surface area contributed by atoms with Crippen LogP contribution < -0.4 is 14.8 Å². The molecule has 0 radical (unpaired) electrons. The highest BCUT2D eigenvalue weighted by Crippen LogP contribution is 2.41. The number of rotatable bonds is 7. The van der Waals surface area contributed by atoms with Crippen LogP contribution in [-0.4, -0.2) is 26.0 Å².